The number of carbonyl (C=O) groups excluding carboxylic acids is 1. The van der Waals surface area contributed by atoms with Gasteiger partial charge in [0.2, 0.25) is 10.0 Å². The topological polar surface area (TPSA) is 86.7 Å². The fraction of sp³-hybridized carbons (Fsp3) is 0.500. The number of sulfonamides is 1. The lowest BCUT2D eigenvalue weighted by molar-refractivity contribution is -0.146. The Hall–Kier alpha value is -2.29. The van der Waals surface area contributed by atoms with E-state index in [0.29, 0.717) is 17.7 Å². The Kier molecular flexibility index (Phi) is 6.02. The van der Waals surface area contributed by atoms with Crippen LogP contribution in [-0.2, 0) is 21.2 Å². The van der Waals surface area contributed by atoms with Crippen molar-refractivity contribution in [3.8, 4) is 11.1 Å². The molecule has 2 aliphatic carbocycles. The summed E-state index contributed by atoms with van der Waals surface area (Å²) in [6.07, 6.45) is 4.42. The molecule has 1 saturated heterocycles. The number of benzene rings is 2. The summed E-state index contributed by atoms with van der Waals surface area (Å²) in [6.45, 7) is 0.382. The Morgan fingerprint density at radius 1 is 1.18 bits per heavy atom. The summed E-state index contributed by atoms with van der Waals surface area (Å²) >= 11 is 0. The van der Waals surface area contributed by atoms with Crippen molar-refractivity contribution in [1.29, 1.82) is 0 Å². The van der Waals surface area contributed by atoms with E-state index in [1.807, 2.05) is 30.3 Å². The van der Waals surface area contributed by atoms with Crippen LogP contribution in [0.15, 0.2) is 48.5 Å². The molecule has 34 heavy (non-hydrogen) atoms. The van der Waals surface area contributed by atoms with Gasteiger partial charge in [-0.15, -0.1) is 0 Å². The van der Waals surface area contributed by atoms with E-state index in [1.165, 1.54) is 0 Å². The first kappa shape index (κ1) is 23.5. The monoisotopic (exact) mass is 486 g/mol. The van der Waals surface area contributed by atoms with Crippen molar-refractivity contribution in [3.05, 3.63) is 59.9 Å². The molecule has 2 saturated carbocycles. The van der Waals surface area contributed by atoms with Crippen LogP contribution in [0, 0.1) is 17.2 Å². The van der Waals surface area contributed by atoms with E-state index >= 15 is 4.39 Å². The molecule has 3 aliphatic rings. The molecule has 8 heteroatoms. The molecule has 6 nitrogen and oxygen atoms in total. The van der Waals surface area contributed by atoms with Gasteiger partial charge >= 0.3 is 0 Å². The molecule has 5 rings (SSSR count). The number of hydrogen-bond acceptors (Lipinski definition) is 4. The van der Waals surface area contributed by atoms with Gasteiger partial charge in [-0.25, -0.2) is 17.5 Å². The second-order valence-corrected chi connectivity index (χ2v) is 12.0. The molecule has 1 heterocycles. The molecule has 2 aromatic rings. The Balaban J connectivity index is 1.50. The van der Waals surface area contributed by atoms with Crippen LogP contribution in [0.1, 0.15) is 37.7 Å². The minimum atomic E-state index is -3.55. The highest BCUT2D eigenvalue weighted by Gasteiger charge is 2.61. The van der Waals surface area contributed by atoms with Gasteiger partial charge in [0, 0.05) is 23.6 Å². The van der Waals surface area contributed by atoms with Crippen molar-refractivity contribution < 1.29 is 22.7 Å². The minimum Gasteiger partial charge on any atom is -0.383 e. The predicted molar refractivity (Wildman–Crippen MR) is 128 cm³/mol. The van der Waals surface area contributed by atoms with Crippen molar-refractivity contribution in [2.24, 2.45) is 11.3 Å². The number of amides is 1. The van der Waals surface area contributed by atoms with Gasteiger partial charge < -0.3 is 10.0 Å². The number of rotatable bonds is 7. The molecule has 3 fully saturated rings. The van der Waals surface area contributed by atoms with Crippen LogP contribution in [0.2, 0.25) is 0 Å². The standard InChI is InChI=1S/C26H31FN2O4S/c1-34(32,33)28-24-21(15-19-11-6-12-20(22(19)27)17-7-3-2-4-8-17)29(16-26(24)13-14-26)25(31)23(30)18-9-5-10-18/h2-4,6-8,11-12,18,21,23-24,28,30H,5,9-10,13-16H2,1H3/t21-,23-,24+/m0/s1. The molecule has 0 bridgehead atoms. The van der Waals surface area contributed by atoms with Gasteiger partial charge in [0.05, 0.1) is 12.3 Å². The molecule has 0 unspecified atom stereocenters. The summed E-state index contributed by atoms with van der Waals surface area (Å²) < 4.78 is 42.9. The van der Waals surface area contributed by atoms with E-state index in [-0.39, 0.29) is 29.5 Å². The second kappa shape index (κ2) is 8.73. The number of nitrogens with one attached hydrogen (secondary N) is 1. The number of nitrogens with zero attached hydrogens (tertiary/aromatic N) is 1. The average molecular weight is 487 g/mol. The highest BCUT2D eigenvalue weighted by Crippen LogP contribution is 2.56. The molecule has 2 N–H and O–H groups in total. The quantitative estimate of drug-likeness (QED) is 0.630. The second-order valence-electron chi connectivity index (χ2n) is 10.2. The molecule has 0 radical (unpaired) electrons. The van der Waals surface area contributed by atoms with E-state index in [4.69, 9.17) is 0 Å². The third kappa shape index (κ3) is 4.39. The summed E-state index contributed by atoms with van der Waals surface area (Å²) in [5.74, 6) is -0.780. The Labute approximate surface area is 200 Å². The first-order valence-electron chi connectivity index (χ1n) is 12.0. The zero-order chi connectivity index (χ0) is 24.1. The number of aliphatic hydroxyl groups is 1. The summed E-state index contributed by atoms with van der Waals surface area (Å²) in [5.41, 5.74) is 1.31. The van der Waals surface area contributed by atoms with Crippen LogP contribution >= 0.6 is 0 Å². The predicted octanol–water partition coefficient (Wildman–Crippen LogP) is 3.11. The van der Waals surface area contributed by atoms with Crippen molar-refractivity contribution >= 4 is 15.9 Å². The zero-order valence-electron chi connectivity index (χ0n) is 19.3. The van der Waals surface area contributed by atoms with Gasteiger partial charge in [0.15, 0.2) is 0 Å². The number of halogens is 1. The average Bonchev–Trinajstić information content (AvgIpc) is 3.48. The molecule has 1 spiro atoms. The molecule has 182 valence electrons. The Bertz CT molecular complexity index is 1180. The molecule has 0 aromatic heterocycles. The fourth-order valence-electron chi connectivity index (χ4n) is 5.61. The molecule has 2 aromatic carbocycles. The van der Waals surface area contributed by atoms with Crippen molar-refractivity contribution in [2.45, 2.75) is 56.7 Å². The van der Waals surface area contributed by atoms with Gasteiger partial charge in [-0.3, -0.25) is 4.79 Å². The smallest absolute Gasteiger partial charge is 0.252 e. The fourth-order valence-corrected chi connectivity index (χ4v) is 6.48. The summed E-state index contributed by atoms with van der Waals surface area (Å²) in [5, 5.41) is 10.7. The Morgan fingerprint density at radius 3 is 2.47 bits per heavy atom. The zero-order valence-corrected chi connectivity index (χ0v) is 20.1. The summed E-state index contributed by atoms with van der Waals surface area (Å²) in [7, 11) is -3.55. The summed E-state index contributed by atoms with van der Waals surface area (Å²) in [4.78, 5) is 15.0. The van der Waals surface area contributed by atoms with Crippen molar-refractivity contribution in [1.82, 2.24) is 9.62 Å². The highest BCUT2D eigenvalue weighted by molar-refractivity contribution is 7.88. The Morgan fingerprint density at radius 2 is 1.88 bits per heavy atom. The highest BCUT2D eigenvalue weighted by atomic mass is 32.2. The van der Waals surface area contributed by atoms with Crippen molar-refractivity contribution in [2.75, 3.05) is 12.8 Å². The van der Waals surface area contributed by atoms with Crippen molar-refractivity contribution in [3.63, 3.8) is 0 Å². The van der Waals surface area contributed by atoms with E-state index in [2.05, 4.69) is 4.72 Å². The van der Waals surface area contributed by atoms with Gasteiger partial charge in [0.1, 0.15) is 11.9 Å². The summed E-state index contributed by atoms with van der Waals surface area (Å²) in [6, 6.07) is 13.4. The van der Waals surface area contributed by atoms with Gasteiger partial charge in [-0.05, 0) is 49.1 Å². The van der Waals surface area contributed by atoms with E-state index in [9.17, 15) is 18.3 Å². The first-order chi connectivity index (χ1) is 16.2. The SMILES string of the molecule is CS(=O)(=O)N[C@@H]1[C@H](Cc2cccc(-c3ccccc3)c2F)N(C(=O)[C@@H](O)C2CCC2)CC12CC2. The van der Waals surface area contributed by atoms with Crippen LogP contribution in [0.5, 0.6) is 0 Å². The molecular weight excluding hydrogens is 455 g/mol. The number of aliphatic hydroxyl groups excluding tert-OH is 1. The largest absolute Gasteiger partial charge is 0.383 e. The van der Waals surface area contributed by atoms with E-state index in [1.54, 1.807) is 23.1 Å². The lowest BCUT2D eigenvalue weighted by Crippen LogP contribution is -2.52. The minimum absolute atomic E-state index is 0.0524. The maximum absolute atomic E-state index is 15.7. The van der Waals surface area contributed by atoms with Crippen LogP contribution in [0.4, 0.5) is 4.39 Å². The number of hydrogen-bond donors (Lipinski definition) is 2. The lowest BCUT2D eigenvalue weighted by atomic mass is 9.80. The van der Waals surface area contributed by atoms with Crippen LogP contribution in [-0.4, -0.2) is 55.3 Å². The maximum atomic E-state index is 15.7. The maximum Gasteiger partial charge on any atom is 0.252 e. The van der Waals surface area contributed by atoms with Gasteiger partial charge in [-0.2, -0.15) is 0 Å². The lowest BCUT2D eigenvalue weighted by Gasteiger charge is -2.35. The van der Waals surface area contributed by atoms with Gasteiger partial charge in [-0.1, -0.05) is 55.0 Å². The van der Waals surface area contributed by atoms with Crippen LogP contribution in [0.3, 0.4) is 0 Å². The van der Waals surface area contributed by atoms with Gasteiger partial charge in [0.25, 0.3) is 5.91 Å². The normalized spacial score (nSPS) is 24.7. The first-order valence-corrected chi connectivity index (χ1v) is 13.9. The third-order valence-corrected chi connectivity index (χ3v) is 8.57. The number of carbonyl (C=O) groups is 1. The third-order valence-electron chi connectivity index (χ3n) is 7.89. The van der Waals surface area contributed by atoms with E-state index < -0.39 is 28.2 Å². The van der Waals surface area contributed by atoms with E-state index in [0.717, 1.165) is 43.9 Å². The molecular formula is C26H31FN2O4S. The van der Waals surface area contributed by atoms with Crippen LogP contribution < -0.4 is 4.72 Å². The molecule has 1 aliphatic heterocycles. The number of likely N-dealkylation sites (tertiary alicyclic amines) is 1. The molecule has 1 amide bonds. The molecule has 3 atom stereocenters. The van der Waals surface area contributed by atoms with Crippen LogP contribution in [0.25, 0.3) is 11.1 Å².